The van der Waals surface area contributed by atoms with Gasteiger partial charge in [0.05, 0.1) is 19.1 Å². The Morgan fingerprint density at radius 1 is 1.44 bits per heavy atom. The van der Waals surface area contributed by atoms with E-state index in [2.05, 4.69) is 4.98 Å². The number of methoxy groups -OCH3 is 1. The number of ether oxygens (including phenoxy) is 2. The summed E-state index contributed by atoms with van der Waals surface area (Å²) < 4.78 is 10.4. The van der Waals surface area contributed by atoms with E-state index in [-0.39, 0.29) is 18.0 Å². The summed E-state index contributed by atoms with van der Waals surface area (Å²) in [6.45, 7) is 5.78. The van der Waals surface area contributed by atoms with Crippen molar-refractivity contribution in [2.45, 2.75) is 31.9 Å². The Kier molecular flexibility index (Phi) is 5.98. The molecule has 1 atom stereocenters. The van der Waals surface area contributed by atoms with Crippen LogP contribution in [0, 0.1) is 5.92 Å². The van der Waals surface area contributed by atoms with Gasteiger partial charge in [-0.3, -0.25) is 4.79 Å². The molecule has 0 spiro atoms. The van der Waals surface area contributed by atoms with Gasteiger partial charge in [-0.05, 0) is 26.0 Å². The molecule has 0 saturated carbocycles. The second-order valence-electron chi connectivity index (χ2n) is 4.21. The third kappa shape index (κ3) is 4.56. The number of nitrogens with zero attached hydrogens (tertiary/aromatic N) is 1. The fourth-order valence-electron chi connectivity index (χ4n) is 1.30. The van der Waals surface area contributed by atoms with Crippen LogP contribution >= 0.6 is 11.8 Å². The van der Waals surface area contributed by atoms with Crippen molar-refractivity contribution in [3.8, 4) is 5.75 Å². The molecule has 1 aromatic rings. The largest absolute Gasteiger partial charge is 0.488 e. The van der Waals surface area contributed by atoms with Crippen molar-refractivity contribution in [3.05, 3.63) is 18.3 Å². The number of carbonyl (C=O) groups excluding carboxylic acids is 1. The molecular formula is C13H19NO3S. The van der Waals surface area contributed by atoms with E-state index in [1.807, 2.05) is 32.9 Å². The van der Waals surface area contributed by atoms with Crippen molar-refractivity contribution in [2.75, 3.05) is 12.9 Å². The lowest BCUT2D eigenvalue weighted by Gasteiger charge is -2.14. The third-order valence-corrected chi connectivity index (χ3v) is 3.42. The molecule has 0 bridgehead atoms. The highest BCUT2D eigenvalue weighted by molar-refractivity contribution is 7.99. The van der Waals surface area contributed by atoms with E-state index in [1.54, 1.807) is 6.20 Å². The Balaban J connectivity index is 2.64. The molecule has 0 aromatic carbocycles. The molecule has 0 fully saturated rings. The van der Waals surface area contributed by atoms with Gasteiger partial charge in [0.1, 0.15) is 5.03 Å². The summed E-state index contributed by atoms with van der Waals surface area (Å²) in [6.07, 6.45) is 1.82. The Morgan fingerprint density at radius 3 is 2.78 bits per heavy atom. The van der Waals surface area contributed by atoms with Crippen molar-refractivity contribution >= 4 is 17.7 Å². The zero-order valence-corrected chi connectivity index (χ0v) is 12.0. The summed E-state index contributed by atoms with van der Waals surface area (Å²) >= 11 is 1.50. The van der Waals surface area contributed by atoms with Gasteiger partial charge in [-0.1, -0.05) is 6.92 Å². The maximum atomic E-state index is 11.3. The number of hydrogen-bond donors (Lipinski definition) is 0. The van der Waals surface area contributed by atoms with Gasteiger partial charge in [0.15, 0.2) is 5.75 Å². The quantitative estimate of drug-likeness (QED) is 0.587. The van der Waals surface area contributed by atoms with E-state index < -0.39 is 0 Å². The molecule has 0 radical (unpaired) electrons. The molecule has 1 heterocycles. The highest BCUT2D eigenvalue weighted by atomic mass is 32.2. The minimum atomic E-state index is -0.204. The van der Waals surface area contributed by atoms with Crippen LogP contribution in [-0.4, -0.2) is 29.9 Å². The SMILES string of the molecule is COC(=O)C(C)CSc1ncccc1OC(C)C. The minimum Gasteiger partial charge on any atom is -0.488 e. The monoisotopic (exact) mass is 269 g/mol. The zero-order valence-electron chi connectivity index (χ0n) is 11.2. The number of carbonyl (C=O) groups is 1. The van der Waals surface area contributed by atoms with Crippen molar-refractivity contribution in [1.82, 2.24) is 4.98 Å². The lowest BCUT2D eigenvalue weighted by Crippen LogP contribution is -2.15. The smallest absolute Gasteiger partial charge is 0.309 e. The van der Waals surface area contributed by atoms with Crippen molar-refractivity contribution < 1.29 is 14.3 Å². The summed E-state index contributed by atoms with van der Waals surface area (Å²) in [7, 11) is 1.40. The number of esters is 1. The molecule has 0 aliphatic carbocycles. The molecule has 1 rings (SSSR count). The predicted octanol–water partition coefficient (Wildman–Crippen LogP) is 2.77. The molecule has 0 saturated heterocycles. The van der Waals surface area contributed by atoms with Crippen molar-refractivity contribution in [2.24, 2.45) is 5.92 Å². The number of thioether (sulfide) groups is 1. The van der Waals surface area contributed by atoms with E-state index in [0.29, 0.717) is 5.75 Å². The van der Waals surface area contributed by atoms with Gasteiger partial charge >= 0.3 is 5.97 Å². The number of rotatable bonds is 6. The molecule has 100 valence electrons. The molecule has 1 unspecified atom stereocenters. The summed E-state index contributed by atoms with van der Waals surface area (Å²) in [5.41, 5.74) is 0. The average Bonchev–Trinajstić information content (AvgIpc) is 2.35. The highest BCUT2D eigenvalue weighted by Gasteiger charge is 2.15. The van der Waals surface area contributed by atoms with Gasteiger partial charge < -0.3 is 9.47 Å². The van der Waals surface area contributed by atoms with Gasteiger partial charge in [-0.25, -0.2) is 4.98 Å². The third-order valence-electron chi connectivity index (χ3n) is 2.17. The van der Waals surface area contributed by atoms with Crippen LogP contribution in [0.15, 0.2) is 23.4 Å². The molecular weight excluding hydrogens is 250 g/mol. The van der Waals surface area contributed by atoms with Crippen LogP contribution in [0.4, 0.5) is 0 Å². The summed E-state index contributed by atoms with van der Waals surface area (Å²) in [4.78, 5) is 15.6. The van der Waals surface area contributed by atoms with Gasteiger partial charge in [-0.2, -0.15) is 0 Å². The predicted molar refractivity (Wildman–Crippen MR) is 71.9 cm³/mol. The first-order valence-electron chi connectivity index (χ1n) is 5.87. The first-order chi connectivity index (χ1) is 8.54. The Bertz CT molecular complexity index is 396. The van der Waals surface area contributed by atoms with Gasteiger partial charge in [0.25, 0.3) is 0 Å². The van der Waals surface area contributed by atoms with Crippen LogP contribution in [0.1, 0.15) is 20.8 Å². The molecule has 5 heteroatoms. The Hall–Kier alpha value is -1.23. The Morgan fingerprint density at radius 2 is 2.17 bits per heavy atom. The topological polar surface area (TPSA) is 48.4 Å². The van der Waals surface area contributed by atoms with Crippen LogP contribution in [-0.2, 0) is 9.53 Å². The molecule has 18 heavy (non-hydrogen) atoms. The second-order valence-corrected chi connectivity index (χ2v) is 5.22. The lowest BCUT2D eigenvalue weighted by atomic mass is 10.2. The number of pyridine rings is 1. The van der Waals surface area contributed by atoms with Gasteiger partial charge in [0, 0.05) is 11.9 Å². The normalized spacial score (nSPS) is 12.3. The first kappa shape index (κ1) is 14.8. The van der Waals surface area contributed by atoms with E-state index in [1.165, 1.54) is 18.9 Å². The fourth-order valence-corrected chi connectivity index (χ4v) is 2.24. The summed E-state index contributed by atoms with van der Waals surface area (Å²) in [5, 5.41) is 0.807. The van der Waals surface area contributed by atoms with Crippen molar-refractivity contribution in [1.29, 1.82) is 0 Å². The highest BCUT2D eigenvalue weighted by Crippen LogP contribution is 2.28. The fraction of sp³-hybridized carbons (Fsp3) is 0.538. The first-order valence-corrected chi connectivity index (χ1v) is 6.85. The molecule has 1 aromatic heterocycles. The minimum absolute atomic E-state index is 0.103. The average molecular weight is 269 g/mol. The molecule has 4 nitrogen and oxygen atoms in total. The molecule has 0 aliphatic heterocycles. The van der Waals surface area contributed by atoms with E-state index in [0.717, 1.165) is 10.8 Å². The summed E-state index contributed by atoms with van der Waals surface area (Å²) in [5.74, 6) is 1.02. The standard InChI is InChI=1S/C13H19NO3S/c1-9(2)17-11-6-5-7-14-12(11)18-8-10(3)13(15)16-4/h5-7,9-10H,8H2,1-4H3. The second kappa shape index (κ2) is 7.26. The Labute approximate surface area is 112 Å². The van der Waals surface area contributed by atoms with Gasteiger partial charge in [0.2, 0.25) is 0 Å². The van der Waals surface area contributed by atoms with Crippen LogP contribution in [0.2, 0.25) is 0 Å². The van der Waals surface area contributed by atoms with E-state index in [9.17, 15) is 4.79 Å². The molecule has 0 N–H and O–H groups in total. The molecule has 0 amide bonds. The summed E-state index contributed by atoms with van der Waals surface area (Å²) in [6, 6.07) is 3.73. The van der Waals surface area contributed by atoms with Gasteiger partial charge in [-0.15, -0.1) is 11.8 Å². The lowest BCUT2D eigenvalue weighted by molar-refractivity contribution is -0.143. The van der Waals surface area contributed by atoms with Crippen LogP contribution in [0.5, 0.6) is 5.75 Å². The molecule has 0 aliphatic rings. The maximum absolute atomic E-state index is 11.3. The van der Waals surface area contributed by atoms with E-state index >= 15 is 0 Å². The van der Waals surface area contributed by atoms with E-state index in [4.69, 9.17) is 9.47 Å². The zero-order chi connectivity index (χ0) is 13.5. The van der Waals surface area contributed by atoms with Crippen LogP contribution in [0.3, 0.4) is 0 Å². The van der Waals surface area contributed by atoms with Crippen molar-refractivity contribution in [3.63, 3.8) is 0 Å². The van der Waals surface area contributed by atoms with Crippen LogP contribution in [0.25, 0.3) is 0 Å². The maximum Gasteiger partial charge on any atom is 0.309 e. The number of aromatic nitrogens is 1. The van der Waals surface area contributed by atoms with Crippen LogP contribution < -0.4 is 4.74 Å². The number of hydrogen-bond acceptors (Lipinski definition) is 5.